The van der Waals surface area contributed by atoms with Crippen molar-refractivity contribution in [2.75, 3.05) is 0 Å². The van der Waals surface area contributed by atoms with Crippen molar-refractivity contribution in [3.63, 3.8) is 0 Å². The monoisotopic (exact) mass is 574 g/mol. The fraction of sp³-hybridized carbons (Fsp3) is 0. The molecule has 0 saturated carbocycles. The highest BCUT2D eigenvalue weighted by molar-refractivity contribution is 6.23. The van der Waals surface area contributed by atoms with Gasteiger partial charge >= 0.3 is 0 Å². The number of para-hydroxylation sites is 4. The Morgan fingerprint density at radius 2 is 0.933 bits per heavy atom. The molecule has 0 spiro atoms. The molecule has 3 heteroatoms. The number of benzene rings is 7. The summed E-state index contributed by atoms with van der Waals surface area (Å²) in [4.78, 5) is 0. The summed E-state index contributed by atoms with van der Waals surface area (Å²) in [6.45, 7) is 0. The van der Waals surface area contributed by atoms with Crippen molar-refractivity contribution in [2.45, 2.75) is 0 Å². The lowest BCUT2D eigenvalue weighted by Gasteiger charge is -2.11. The molecule has 3 aromatic heterocycles. The standard InChI is InChI=1S/C42H26N2O/c1-2-10-29(11-3-1)44-36-15-7-4-12-31(36)32-23-20-28(26-39(32)44)27-18-21-30(22-19-27)43-37-16-8-5-14-35(37)41-38(43)25-24-34-33-13-6-9-17-40(33)45-42(34)41/h1-26H. The average molecular weight is 575 g/mol. The molecule has 0 saturated heterocycles. The first-order valence-corrected chi connectivity index (χ1v) is 15.4. The summed E-state index contributed by atoms with van der Waals surface area (Å²) in [5.74, 6) is 0. The highest BCUT2D eigenvalue weighted by atomic mass is 16.3. The topological polar surface area (TPSA) is 23.0 Å². The highest BCUT2D eigenvalue weighted by Gasteiger charge is 2.19. The Morgan fingerprint density at radius 3 is 1.76 bits per heavy atom. The molecule has 0 aliphatic heterocycles. The molecule has 3 heterocycles. The zero-order valence-corrected chi connectivity index (χ0v) is 24.3. The van der Waals surface area contributed by atoms with Crippen LogP contribution in [0.4, 0.5) is 0 Å². The molecule has 45 heavy (non-hydrogen) atoms. The third kappa shape index (κ3) is 3.46. The average Bonchev–Trinajstić information content (AvgIpc) is 3.76. The number of hydrogen-bond acceptors (Lipinski definition) is 1. The van der Waals surface area contributed by atoms with Crippen LogP contribution < -0.4 is 0 Å². The van der Waals surface area contributed by atoms with Gasteiger partial charge in [0.25, 0.3) is 0 Å². The molecule has 0 bridgehead atoms. The number of rotatable bonds is 3. The summed E-state index contributed by atoms with van der Waals surface area (Å²) in [7, 11) is 0. The third-order valence-electron chi connectivity index (χ3n) is 9.33. The Morgan fingerprint density at radius 1 is 0.356 bits per heavy atom. The maximum atomic E-state index is 6.48. The number of nitrogens with zero attached hydrogens (tertiary/aromatic N) is 2. The molecule has 0 radical (unpaired) electrons. The van der Waals surface area contributed by atoms with Crippen LogP contribution in [0.5, 0.6) is 0 Å². The van der Waals surface area contributed by atoms with Gasteiger partial charge in [-0.2, -0.15) is 0 Å². The summed E-state index contributed by atoms with van der Waals surface area (Å²) in [5, 5.41) is 7.18. The number of fused-ring (bicyclic) bond motifs is 10. The molecular weight excluding hydrogens is 548 g/mol. The van der Waals surface area contributed by atoms with Crippen LogP contribution in [0.2, 0.25) is 0 Å². The Hall–Kier alpha value is -6.06. The van der Waals surface area contributed by atoms with Crippen molar-refractivity contribution in [1.82, 2.24) is 9.13 Å². The summed E-state index contributed by atoms with van der Waals surface area (Å²) in [6, 6.07) is 56.5. The maximum Gasteiger partial charge on any atom is 0.145 e. The van der Waals surface area contributed by atoms with Crippen LogP contribution in [0.1, 0.15) is 0 Å². The fourth-order valence-corrected chi connectivity index (χ4v) is 7.32. The predicted octanol–water partition coefficient (Wildman–Crippen LogP) is 11.4. The van der Waals surface area contributed by atoms with E-state index in [9.17, 15) is 0 Å². The van der Waals surface area contributed by atoms with Gasteiger partial charge in [-0.15, -0.1) is 0 Å². The van der Waals surface area contributed by atoms with Gasteiger partial charge < -0.3 is 13.6 Å². The minimum atomic E-state index is 0.921. The van der Waals surface area contributed by atoms with E-state index in [2.05, 4.69) is 161 Å². The summed E-state index contributed by atoms with van der Waals surface area (Å²) >= 11 is 0. The third-order valence-corrected chi connectivity index (χ3v) is 9.33. The van der Waals surface area contributed by atoms with Crippen molar-refractivity contribution >= 4 is 65.6 Å². The van der Waals surface area contributed by atoms with E-state index in [0.29, 0.717) is 0 Å². The summed E-state index contributed by atoms with van der Waals surface area (Å²) in [5.41, 5.74) is 11.3. The predicted molar refractivity (Wildman–Crippen MR) is 188 cm³/mol. The van der Waals surface area contributed by atoms with Crippen LogP contribution in [-0.4, -0.2) is 9.13 Å². The minimum Gasteiger partial charge on any atom is -0.455 e. The zero-order chi connectivity index (χ0) is 29.5. The van der Waals surface area contributed by atoms with Crippen LogP contribution in [0.15, 0.2) is 162 Å². The van der Waals surface area contributed by atoms with E-state index >= 15 is 0 Å². The zero-order valence-electron chi connectivity index (χ0n) is 24.3. The Bertz CT molecular complexity index is 2740. The Balaban J connectivity index is 1.15. The van der Waals surface area contributed by atoms with Gasteiger partial charge in [-0.1, -0.05) is 97.1 Å². The van der Waals surface area contributed by atoms with Crippen molar-refractivity contribution < 1.29 is 4.42 Å². The SMILES string of the molecule is c1ccc(-n2c3ccccc3c3ccc(-c4ccc(-n5c6ccccc6c6c7oc8ccccc8c7ccc65)cc4)cc32)cc1. The van der Waals surface area contributed by atoms with Gasteiger partial charge in [-0.3, -0.25) is 0 Å². The maximum absolute atomic E-state index is 6.48. The van der Waals surface area contributed by atoms with Gasteiger partial charge in [0.05, 0.1) is 27.5 Å². The van der Waals surface area contributed by atoms with Crippen molar-refractivity contribution in [1.29, 1.82) is 0 Å². The molecule has 0 aliphatic carbocycles. The van der Waals surface area contributed by atoms with E-state index in [1.165, 1.54) is 49.5 Å². The molecule has 10 aromatic rings. The van der Waals surface area contributed by atoms with Gasteiger partial charge in [0, 0.05) is 38.3 Å². The van der Waals surface area contributed by atoms with Gasteiger partial charge in [0.2, 0.25) is 0 Å². The molecular formula is C42H26N2O. The van der Waals surface area contributed by atoms with Crippen molar-refractivity contribution in [3.05, 3.63) is 158 Å². The minimum absolute atomic E-state index is 0.921. The fourth-order valence-electron chi connectivity index (χ4n) is 7.32. The molecule has 0 atom stereocenters. The van der Waals surface area contributed by atoms with Crippen LogP contribution in [0, 0.1) is 0 Å². The normalized spacial score (nSPS) is 12.0. The van der Waals surface area contributed by atoms with Gasteiger partial charge in [0.15, 0.2) is 0 Å². The van der Waals surface area contributed by atoms with Gasteiger partial charge in [-0.05, 0) is 71.8 Å². The smallest absolute Gasteiger partial charge is 0.145 e. The Kier molecular flexibility index (Phi) is 5.00. The second kappa shape index (κ2) is 9.22. The first-order chi connectivity index (χ1) is 22.3. The summed E-state index contributed by atoms with van der Waals surface area (Å²) in [6.07, 6.45) is 0. The lowest BCUT2D eigenvalue weighted by atomic mass is 10.0. The first-order valence-electron chi connectivity index (χ1n) is 15.4. The Labute approximate surface area is 258 Å². The second-order valence-corrected chi connectivity index (χ2v) is 11.8. The number of aromatic nitrogens is 2. The van der Waals surface area contributed by atoms with Crippen LogP contribution in [0.25, 0.3) is 88.1 Å². The molecule has 10 rings (SSSR count). The molecule has 7 aromatic carbocycles. The van der Waals surface area contributed by atoms with Crippen molar-refractivity contribution in [3.8, 4) is 22.5 Å². The molecule has 3 nitrogen and oxygen atoms in total. The van der Waals surface area contributed by atoms with Gasteiger partial charge in [0.1, 0.15) is 11.2 Å². The van der Waals surface area contributed by atoms with Gasteiger partial charge in [-0.25, -0.2) is 0 Å². The van der Waals surface area contributed by atoms with Crippen LogP contribution in [-0.2, 0) is 0 Å². The lowest BCUT2D eigenvalue weighted by molar-refractivity contribution is 0.673. The lowest BCUT2D eigenvalue weighted by Crippen LogP contribution is -1.94. The van der Waals surface area contributed by atoms with E-state index in [0.717, 1.165) is 38.5 Å². The van der Waals surface area contributed by atoms with E-state index in [1.54, 1.807) is 0 Å². The highest BCUT2D eigenvalue weighted by Crippen LogP contribution is 2.41. The molecule has 0 aliphatic rings. The molecule has 0 fully saturated rings. The summed E-state index contributed by atoms with van der Waals surface area (Å²) < 4.78 is 11.2. The molecule has 0 unspecified atom stereocenters. The van der Waals surface area contributed by atoms with Crippen LogP contribution in [0.3, 0.4) is 0 Å². The van der Waals surface area contributed by atoms with E-state index in [4.69, 9.17) is 4.42 Å². The molecule has 0 N–H and O–H groups in total. The molecule has 210 valence electrons. The van der Waals surface area contributed by atoms with E-state index in [-0.39, 0.29) is 0 Å². The second-order valence-electron chi connectivity index (χ2n) is 11.8. The molecule has 0 amide bonds. The van der Waals surface area contributed by atoms with E-state index in [1.807, 2.05) is 6.07 Å². The van der Waals surface area contributed by atoms with E-state index < -0.39 is 0 Å². The van der Waals surface area contributed by atoms with Crippen LogP contribution >= 0.6 is 0 Å². The quantitative estimate of drug-likeness (QED) is 0.206. The largest absolute Gasteiger partial charge is 0.455 e. The number of furan rings is 1. The van der Waals surface area contributed by atoms with Crippen molar-refractivity contribution in [2.24, 2.45) is 0 Å². The first kappa shape index (κ1) is 24.4. The number of hydrogen-bond donors (Lipinski definition) is 0.